The van der Waals surface area contributed by atoms with Crippen molar-refractivity contribution >= 4 is 15.9 Å². The van der Waals surface area contributed by atoms with Gasteiger partial charge in [-0.15, -0.1) is 0 Å². The Morgan fingerprint density at radius 1 is 1.27 bits per heavy atom. The minimum Gasteiger partial charge on any atom is -0.0608 e. The van der Waals surface area contributed by atoms with Gasteiger partial charge in [0.15, 0.2) is 0 Å². The van der Waals surface area contributed by atoms with Crippen molar-refractivity contribution in [2.75, 3.05) is 0 Å². The molecule has 0 bridgehead atoms. The maximum atomic E-state index is 3.91. The Morgan fingerprint density at radius 3 is 2.47 bits per heavy atom. The van der Waals surface area contributed by atoms with Crippen LogP contribution < -0.4 is 0 Å². The van der Waals surface area contributed by atoms with E-state index in [1.807, 2.05) is 0 Å². The Kier molecular flexibility index (Phi) is 4.39. The zero-order valence-corrected chi connectivity index (χ0v) is 11.5. The maximum absolute atomic E-state index is 3.91. The van der Waals surface area contributed by atoms with Crippen molar-refractivity contribution in [1.29, 1.82) is 0 Å². The summed E-state index contributed by atoms with van der Waals surface area (Å²) in [5, 5.41) is 0. The Morgan fingerprint density at radius 2 is 1.93 bits per heavy atom. The van der Waals surface area contributed by atoms with Gasteiger partial charge in [-0.1, -0.05) is 62.2 Å². The van der Waals surface area contributed by atoms with Gasteiger partial charge in [-0.25, -0.2) is 0 Å². The molecule has 1 aromatic carbocycles. The number of rotatable bonds is 3. The molecule has 0 amide bonds. The summed E-state index contributed by atoms with van der Waals surface area (Å²) < 4.78 is 1.24. The number of hydrogen-bond donors (Lipinski definition) is 0. The summed E-state index contributed by atoms with van der Waals surface area (Å²) in [5.74, 6) is 0. The first-order valence-corrected chi connectivity index (χ1v) is 6.33. The fraction of sp³-hybridized carbons (Fsp3) is 0.500. The highest BCUT2D eigenvalue weighted by atomic mass is 79.9. The first-order valence-electron chi connectivity index (χ1n) is 5.54. The molecule has 1 aromatic rings. The number of hydrogen-bond acceptors (Lipinski definition) is 0. The zero-order chi connectivity index (χ0) is 11.5. The first-order chi connectivity index (χ1) is 6.96. The summed E-state index contributed by atoms with van der Waals surface area (Å²) in [6.45, 7) is 10.7. The van der Waals surface area contributed by atoms with Crippen molar-refractivity contribution in [2.45, 2.75) is 45.4 Å². The lowest BCUT2D eigenvalue weighted by molar-refractivity contribution is 0.579. The Labute approximate surface area is 102 Å². The van der Waals surface area contributed by atoms with E-state index in [0.29, 0.717) is 0 Å². The molecule has 0 saturated heterocycles. The van der Waals surface area contributed by atoms with Crippen molar-refractivity contribution in [3.63, 3.8) is 0 Å². The van der Waals surface area contributed by atoms with E-state index in [1.54, 1.807) is 0 Å². The molecule has 0 aliphatic rings. The molecule has 0 nitrogen and oxygen atoms in total. The van der Waals surface area contributed by atoms with Gasteiger partial charge in [0.2, 0.25) is 0 Å². The summed E-state index contributed by atoms with van der Waals surface area (Å²) in [6.07, 6.45) is 3.29. The van der Waals surface area contributed by atoms with Gasteiger partial charge in [0.05, 0.1) is 0 Å². The summed E-state index contributed by atoms with van der Waals surface area (Å²) in [6, 6.07) is 6.50. The molecule has 83 valence electrons. The van der Waals surface area contributed by atoms with Crippen LogP contribution in [0.5, 0.6) is 0 Å². The van der Waals surface area contributed by atoms with Crippen molar-refractivity contribution in [3.05, 3.63) is 40.7 Å². The third-order valence-corrected chi connectivity index (χ3v) is 3.35. The molecule has 15 heavy (non-hydrogen) atoms. The van der Waals surface area contributed by atoms with Crippen molar-refractivity contribution in [3.8, 4) is 0 Å². The van der Waals surface area contributed by atoms with Gasteiger partial charge < -0.3 is 0 Å². The fourth-order valence-electron chi connectivity index (χ4n) is 1.82. The number of unbranched alkanes of at least 4 members (excludes halogenated alkanes) is 1. The molecule has 0 aliphatic heterocycles. The van der Waals surface area contributed by atoms with E-state index >= 15 is 0 Å². The molecular weight excluding hydrogens is 248 g/mol. The van der Waals surface area contributed by atoms with E-state index in [9.17, 15) is 0 Å². The lowest BCUT2D eigenvalue weighted by atomic mass is 9.82. The predicted octanol–water partition coefficient (Wildman–Crippen LogP) is 4.90. The van der Waals surface area contributed by atoms with Gasteiger partial charge in [0.25, 0.3) is 0 Å². The van der Waals surface area contributed by atoms with Crippen LogP contribution in [0, 0.1) is 6.92 Å². The van der Waals surface area contributed by atoms with E-state index in [4.69, 9.17) is 0 Å². The van der Waals surface area contributed by atoms with Crippen LogP contribution in [-0.4, -0.2) is 0 Å². The topological polar surface area (TPSA) is 0 Å². The van der Waals surface area contributed by atoms with E-state index in [-0.39, 0.29) is 5.41 Å². The average molecular weight is 268 g/mol. The largest absolute Gasteiger partial charge is 0.0608 e. The van der Waals surface area contributed by atoms with Crippen LogP contribution in [0.25, 0.3) is 0 Å². The van der Waals surface area contributed by atoms with Crippen LogP contribution >= 0.6 is 15.9 Å². The second-order valence-electron chi connectivity index (χ2n) is 4.97. The normalized spacial score (nSPS) is 11.8. The Hall–Kier alpha value is -0.300. The molecular formula is C14H20Br. The Balaban J connectivity index is 3.09. The third kappa shape index (κ3) is 3.34. The summed E-state index contributed by atoms with van der Waals surface area (Å²) in [7, 11) is 0. The third-order valence-electron chi connectivity index (χ3n) is 2.60. The average Bonchev–Trinajstić information content (AvgIpc) is 2.14. The summed E-state index contributed by atoms with van der Waals surface area (Å²) >= 11 is 3.65. The van der Waals surface area contributed by atoms with Crippen molar-refractivity contribution in [1.82, 2.24) is 0 Å². The molecule has 0 aromatic heterocycles. The van der Waals surface area contributed by atoms with Gasteiger partial charge in [-0.3, -0.25) is 0 Å². The van der Waals surface area contributed by atoms with Crippen LogP contribution in [0.4, 0.5) is 0 Å². The lowest BCUT2D eigenvalue weighted by Gasteiger charge is -2.23. The highest BCUT2D eigenvalue weighted by Gasteiger charge is 2.18. The Bertz CT molecular complexity index is 321. The van der Waals surface area contributed by atoms with E-state index < -0.39 is 0 Å². The van der Waals surface area contributed by atoms with Gasteiger partial charge in [0.1, 0.15) is 0 Å². The summed E-state index contributed by atoms with van der Waals surface area (Å²) in [5.41, 5.74) is 3.12. The second kappa shape index (κ2) is 5.16. The number of halogens is 1. The molecule has 0 heterocycles. The van der Waals surface area contributed by atoms with Gasteiger partial charge in [-0.05, 0) is 35.4 Å². The van der Waals surface area contributed by atoms with Crippen LogP contribution in [0.2, 0.25) is 0 Å². The molecule has 1 heteroatoms. The smallest absolute Gasteiger partial charge is 0.0210 e. The fourth-order valence-corrected chi connectivity index (χ4v) is 2.38. The highest BCUT2D eigenvalue weighted by molar-refractivity contribution is 9.10. The van der Waals surface area contributed by atoms with E-state index in [0.717, 1.165) is 19.3 Å². The molecule has 0 fully saturated rings. The quantitative estimate of drug-likeness (QED) is 0.731. The molecule has 1 rings (SSSR count). The SMILES string of the molecule is [CH2]CCCc1c(Br)cccc1C(C)(C)C. The minimum atomic E-state index is 0.223. The van der Waals surface area contributed by atoms with E-state index in [2.05, 4.69) is 61.8 Å². The first kappa shape index (κ1) is 12.8. The van der Waals surface area contributed by atoms with Crippen molar-refractivity contribution in [2.24, 2.45) is 0 Å². The molecule has 0 spiro atoms. The van der Waals surface area contributed by atoms with Gasteiger partial charge in [0, 0.05) is 4.47 Å². The zero-order valence-electron chi connectivity index (χ0n) is 9.94. The minimum absolute atomic E-state index is 0.223. The molecule has 0 saturated carbocycles. The summed E-state index contributed by atoms with van der Waals surface area (Å²) in [4.78, 5) is 0. The molecule has 0 unspecified atom stereocenters. The molecule has 0 atom stereocenters. The van der Waals surface area contributed by atoms with Crippen LogP contribution in [0.15, 0.2) is 22.7 Å². The standard InChI is InChI=1S/C14H20Br/c1-5-6-8-11-12(14(2,3)4)9-7-10-13(11)15/h7,9-10H,1,5-6,8H2,2-4H3. The predicted molar refractivity (Wildman–Crippen MR) is 71.1 cm³/mol. The van der Waals surface area contributed by atoms with Crippen LogP contribution in [0.3, 0.4) is 0 Å². The molecule has 0 aliphatic carbocycles. The monoisotopic (exact) mass is 267 g/mol. The van der Waals surface area contributed by atoms with Crippen LogP contribution in [0.1, 0.15) is 44.7 Å². The lowest BCUT2D eigenvalue weighted by Crippen LogP contribution is -2.14. The van der Waals surface area contributed by atoms with Gasteiger partial charge in [-0.2, -0.15) is 0 Å². The molecule has 0 N–H and O–H groups in total. The van der Waals surface area contributed by atoms with Crippen molar-refractivity contribution < 1.29 is 0 Å². The highest BCUT2D eigenvalue weighted by Crippen LogP contribution is 2.31. The van der Waals surface area contributed by atoms with E-state index in [1.165, 1.54) is 15.6 Å². The van der Waals surface area contributed by atoms with Crippen LogP contribution in [-0.2, 0) is 11.8 Å². The second-order valence-corrected chi connectivity index (χ2v) is 5.83. The molecule has 1 radical (unpaired) electrons. The number of benzene rings is 1. The maximum Gasteiger partial charge on any atom is 0.0210 e. The van der Waals surface area contributed by atoms with Gasteiger partial charge >= 0.3 is 0 Å².